The fourth-order valence-electron chi connectivity index (χ4n) is 2.07. The van der Waals surface area contributed by atoms with Crippen molar-refractivity contribution in [3.8, 4) is 5.75 Å². The van der Waals surface area contributed by atoms with E-state index in [0.29, 0.717) is 19.6 Å². The molecule has 0 aromatic heterocycles. The molecule has 5 heteroatoms. The minimum atomic E-state index is -0.447. The Bertz CT molecular complexity index is 424. The van der Waals surface area contributed by atoms with E-state index in [0.717, 1.165) is 15.8 Å². The molecule has 1 aromatic carbocycles. The molecule has 106 valence electrons. The molecule has 4 nitrogen and oxygen atoms in total. The number of rotatable bonds is 6. The smallest absolute Gasteiger partial charge is 0.130 e. The maximum Gasteiger partial charge on any atom is 0.130 e. The Morgan fingerprint density at radius 1 is 1.37 bits per heavy atom. The first kappa shape index (κ1) is 14.8. The number of aliphatic hydroxyl groups excluding tert-OH is 1. The van der Waals surface area contributed by atoms with Gasteiger partial charge in [0.1, 0.15) is 18.0 Å². The monoisotopic (exact) mass is 330 g/mol. The molecular weight excluding hydrogens is 312 g/mol. The van der Waals surface area contributed by atoms with E-state index >= 15 is 0 Å². The summed E-state index contributed by atoms with van der Waals surface area (Å²) in [6, 6.07) is 5.87. The highest BCUT2D eigenvalue weighted by Gasteiger charge is 2.43. The van der Waals surface area contributed by atoms with Crippen molar-refractivity contribution >= 4 is 15.9 Å². The van der Waals surface area contributed by atoms with E-state index in [9.17, 15) is 5.11 Å². The molecule has 0 radical (unpaired) electrons. The van der Waals surface area contributed by atoms with Gasteiger partial charge < -0.3 is 19.3 Å². The highest BCUT2D eigenvalue weighted by molar-refractivity contribution is 9.10. The molecule has 1 saturated carbocycles. The van der Waals surface area contributed by atoms with Crippen molar-refractivity contribution in [3.63, 3.8) is 0 Å². The van der Waals surface area contributed by atoms with Crippen molar-refractivity contribution in [2.75, 3.05) is 20.3 Å². The molecule has 0 bridgehead atoms. The molecule has 1 aliphatic carbocycles. The third-order valence-electron chi connectivity index (χ3n) is 3.23. The quantitative estimate of drug-likeness (QED) is 0.813. The van der Waals surface area contributed by atoms with Crippen LogP contribution in [0, 0.1) is 6.92 Å². The lowest BCUT2D eigenvalue weighted by Gasteiger charge is -2.41. The van der Waals surface area contributed by atoms with Crippen LogP contribution in [0.4, 0.5) is 0 Å². The molecule has 1 aliphatic rings. The van der Waals surface area contributed by atoms with Gasteiger partial charge in [-0.3, -0.25) is 0 Å². The Hall–Kier alpha value is -0.620. The second kappa shape index (κ2) is 6.70. The lowest BCUT2D eigenvalue weighted by atomic mass is 9.88. The van der Waals surface area contributed by atoms with Crippen LogP contribution in [-0.2, 0) is 9.47 Å². The maximum atomic E-state index is 9.72. The summed E-state index contributed by atoms with van der Waals surface area (Å²) >= 11 is 3.42. The van der Waals surface area contributed by atoms with Crippen LogP contribution in [0.1, 0.15) is 12.0 Å². The summed E-state index contributed by atoms with van der Waals surface area (Å²) in [6.07, 6.45) is -0.199. The molecule has 1 fully saturated rings. The molecule has 0 heterocycles. The number of benzene rings is 1. The molecule has 0 aliphatic heterocycles. The lowest BCUT2D eigenvalue weighted by molar-refractivity contribution is -0.167. The molecule has 0 spiro atoms. The molecule has 3 unspecified atom stereocenters. The van der Waals surface area contributed by atoms with E-state index in [4.69, 9.17) is 14.2 Å². The Kier molecular flexibility index (Phi) is 5.21. The normalized spacial score (nSPS) is 26.0. The summed E-state index contributed by atoms with van der Waals surface area (Å²) in [5.74, 6) is 0.834. The zero-order chi connectivity index (χ0) is 13.8. The summed E-state index contributed by atoms with van der Waals surface area (Å²) in [7, 11) is 1.62. The van der Waals surface area contributed by atoms with Gasteiger partial charge in [0, 0.05) is 18.0 Å². The second-order valence-electron chi connectivity index (χ2n) is 4.70. The van der Waals surface area contributed by atoms with E-state index in [1.54, 1.807) is 7.11 Å². The molecule has 19 heavy (non-hydrogen) atoms. The summed E-state index contributed by atoms with van der Waals surface area (Å²) in [4.78, 5) is 0. The first-order chi connectivity index (χ1) is 9.11. The number of ether oxygens (including phenoxy) is 3. The highest BCUT2D eigenvalue weighted by atomic mass is 79.9. The zero-order valence-electron chi connectivity index (χ0n) is 11.1. The lowest BCUT2D eigenvalue weighted by Crippen LogP contribution is -2.55. The fourth-order valence-corrected chi connectivity index (χ4v) is 2.54. The van der Waals surface area contributed by atoms with Crippen LogP contribution in [0.3, 0.4) is 0 Å². The van der Waals surface area contributed by atoms with Crippen LogP contribution in [-0.4, -0.2) is 43.7 Å². The van der Waals surface area contributed by atoms with Gasteiger partial charge in [0.2, 0.25) is 0 Å². The number of aliphatic hydroxyl groups is 1. The molecule has 1 aromatic rings. The number of aryl methyl sites for hydroxylation is 1. The number of hydrogen-bond acceptors (Lipinski definition) is 4. The van der Waals surface area contributed by atoms with E-state index in [1.807, 2.05) is 25.1 Å². The van der Waals surface area contributed by atoms with Crippen LogP contribution >= 0.6 is 15.9 Å². The van der Waals surface area contributed by atoms with Crippen molar-refractivity contribution in [2.24, 2.45) is 0 Å². The Morgan fingerprint density at radius 2 is 2.16 bits per heavy atom. The van der Waals surface area contributed by atoms with Crippen LogP contribution in [0.5, 0.6) is 5.75 Å². The zero-order valence-corrected chi connectivity index (χ0v) is 12.7. The largest absolute Gasteiger partial charge is 0.487 e. The van der Waals surface area contributed by atoms with Gasteiger partial charge in [-0.15, -0.1) is 0 Å². The van der Waals surface area contributed by atoms with E-state index in [2.05, 4.69) is 15.9 Å². The standard InChI is InChI=1S/C14H19BrO4/c1-9-7-10(15)3-4-12(9)19-13-8-11(16)14(13)18-6-5-17-2/h3-4,7,11,13-14,16H,5-6,8H2,1-2H3. The van der Waals surface area contributed by atoms with Gasteiger partial charge in [0.25, 0.3) is 0 Å². The number of halogens is 1. The van der Waals surface area contributed by atoms with Gasteiger partial charge in [-0.05, 0) is 30.7 Å². The van der Waals surface area contributed by atoms with E-state index in [1.165, 1.54) is 0 Å². The van der Waals surface area contributed by atoms with Gasteiger partial charge in [0.15, 0.2) is 0 Å². The topological polar surface area (TPSA) is 47.9 Å². The Morgan fingerprint density at radius 3 is 2.79 bits per heavy atom. The van der Waals surface area contributed by atoms with Crippen molar-refractivity contribution < 1.29 is 19.3 Å². The molecule has 0 saturated heterocycles. The van der Waals surface area contributed by atoms with Gasteiger partial charge in [0.05, 0.1) is 19.3 Å². The predicted octanol–water partition coefficient (Wildman–Crippen LogP) is 2.30. The van der Waals surface area contributed by atoms with Crippen LogP contribution < -0.4 is 4.74 Å². The number of methoxy groups -OCH3 is 1. The van der Waals surface area contributed by atoms with Crippen LogP contribution in [0.25, 0.3) is 0 Å². The molecule has 3 atom stereocenters. The average Bonchev–Trinajstić information content (AvgIpc) is 2.37. The average molecular weight is 331 g/mol. The molecule has 0 amide bonds. The third kappa shape index (κ3) is 3.69. The molecule has 2 rings (SSSR count). The van der Waals surface area contributed by atoms with Gasteiger partial charge >= 0.3 is 0 Å². The van der Waals surface area contributed by atoms with Crippen molar-refractivity contribution in [3.05, 3.63) is 28.2 Å². The van der Waals surface area contributed by atoms with Gasteiger partial charge in [-0.1, -0.05) is 15.9 Å². The minimum Gasteiger partial charge on any atom is -0.487 e. The molecule has 1 N–H and O–H groups in total. The predicted molar refractivity (Wildman–Crippen MR) is 75.5 cm³/mol. The summed E-state index contributed by atoms with van der Waals surface area (Å²) < 4.78 is 17.4. The van der Waals surface area contributed by atoms with Crippen molar-refractivity contribution in [1.82, 2.24) is 0 Å². The molecular formula is C14H19BrO4. The maximum absolute atomic E-state index is 9.72. The third-order valence-corrected chi connectivity index (χ3v) is 3.73. The highest BCUT2D eigenvalue weighted by Crippen LogP contribution is 2.31. The summed E-state index contributed by atoms with van der Waals surface area (Å²) in [5.41, 5.74) is 1.06. The Labute approximate surface area is 121 Å². The van der Waals surface area contributed by atoms with Crippen LogP contribution in [0.15, 0.2) is 22.7 Å². The first-order valence-corrected chi connectivity index (χ1v) is 7.12. The van der Waals surface area contributed by atoms with Gasteiger partial charge in [-0.2, -0.15) is 0 Å². The van der Waals surface area contributed by atoms with Gasteiger partial charge in [-0.25, -0.2) is 0 Å². The van der Waals surface area contributed by atoms with E-state index in [-0.39, 0.29) is 12.2 Å². The van der Waals surface area contributed by atoms with Crippen LogP contribution in [0.2, 0.25) is 0 Å². The summed E-state index contributed by atoms with van der Waals surface area (Å²) in [6.45, 7) is 2.99. The second-order valence-corrected chi connectivity index (χ2v) is 5.61. The Balaban J connectivity index is 1.91. The first-order valence-electron chi connectivity index (χ1n) is 6.33. The minimum absolute atomic E-state index is 0.0910. The fraction of sp³-hybridized carbons (Fsp3) is 0.571. The van der Waals surface area contributed by atoms with Crippen molar-refractivity contribution in [1.29, 1.82) is 0 Å². The number of hydrogen-bond donors (Lipinski definition) is 1. The SMILES string of the molecule is COCCOC1C(O)CC1Oc1ccc(Br)cc1C. The summed E-state index contributed by atoms with van der Waals surface area (Å²) in [5, 5.41) is 9.72. The van der Waals surface area contributed by atoms with E-state index < -0.39 is 6.10 Å². The van der Waals surface area contributed by atoms with Crippen molar-refractivity contribution in [2.45, 2.75) is 31.7 Å².